The van der Waals surface area contributed by atoms with Crippen molar-refractivity contribution in [2.24, 2.45) is 0 Å². The molecule has 0 radical (unpaired) electrons. The van der Waals surface area contributed by atoms with Crippen molar-refractivity contribution in [2.75, 3.05) is 11.9 Å². The summed E-state index contributed by atoms with van der Waals surface area (Å²) in [5, 5.41) is 3.04. The van der Waals surface area contributed by atoms with Gasteiger partial charge in [0.1, 0.15) is 5.82 Å². The van der Waals surface area contributed by atoms with Gasteiger partial charge in [-0.2, -0.15) is 0 Å². The lowest BCUT2D eigenvalue weighted by atomic mass is 10.1. The molecule has 106 valence electrons. The van der Waals surface area contributed by atoms with Gasteiger partial charge < -0.3 is 9.88 Å². The van der Waals surface area contributed by atoms with Gasteiger partial charge in [0, 0.05) is 25.5 Å². The van der Waals surface area contributed by atoms with Crippen molar-refractivity contribution >= 4 is 5.82 Å². The maximum atomic E-state index is 12.8. The molecule has 1 aromatic carbocycles. The number of anilines is 1. The van der Waals surface area contributed by atoms with Crippen molar-refractivity contribution in [1.29, 1.82) is 0 Å². The average molecular weight is 275 g/mol. The molecule has 4 nitrogen and oxygen atoms in total. The molecule has 0 fully saturated rings. The molecule has 0 bridgehead atoms. The summed E-state index contributed by atoms with van der Waals surface area (Å²) in [6.45, 7) is 3.30. The van der Waals surface area contributed by atoms with Crippen molar-refractivity contribution in [3.8, 4) is 0 Å². The van der Waals surface area contributed by atoms with E-state index in [-0.39, 0.29) is 11.4 Å². The van der Waals surface area contributed by atoms with Gasteiger partial charge in [-0.15, -0.1) is 0 Å². The molecule has 0 aliphatic carbocycles. The van der Waals surface area contributed by atoms with Gasteiger partial charge in [-0.05, 0) is 30.5 Å². The van der Waals surface area contributed by atoms with Gasteiger partial charge in [-0.1, -0.05) is 19.1 Å². The van der Waals surface area contributed by atoms with Crippen LogP contribution in [0, 0.1) is 5.82 Å². The summed E-state index contributed by atoms with van der Waals surface area (Å²) in [7, 11) is 0. The van der Waals surface area contributed by atoms with E-state index in [1.165, 1.54) is 12.1 Å². The Morgan fingerprint density at radius 2 is 2.05 bits per heavy atom. The second-order valence-electron chi connectivity index (χ2n) is 4.58. The summed E-state index contributed by atoms with van der Waals surface area (Å²) in [6.07, 6.45) is 4.93. The van der Waals surface area contributed by atoms with Crippen LogP contribution in [0.3, 0.4) is 0 Å². The van der Waals surface area contributed by atoms with Gasteiger partial charge in [0.05, 0.1) is 0 Å². The van der Waals surface area contributed by atoms with Crippen LogP contribution >= 0.6 is 0 Å². The number of halogens is 1. The number of aryl methyl sites for hydroxylation is 1. The number of benzene rings is 1. The Balaban J connectivity index is 1.95. The van der Waals surface area contributed by atoms with E-state index in [4.69, 9.17) is 0 Å². The topological polar surface area (TPSA) is 46.9 Å². The zero-order chi connectivity index (χ0) is 14.4. The fourth-order valence-corrected chi connectivity index (χ4v) is 1.96. The number of nitrogens with zero attached hydrogens (tertiary/aromatic N) is 2. The summed E-state index contributed by atoms with van der Waals surface area (Å²) >= 11 is 0. The molecular formula is C15H18FN3O. The third kappa shape index (κ3) is 3.66. The lowest BCUT2D eigenvalue weighted by Gasteiger charge is -2.08. The molecule has 5 heteroatoms. The predicted octanol–water partition coefficient (Wildman–Crippen LogP) is 2.45. The van der Waals surface area contributed by atoms with Gasteiger partial charge in [0.25, 0.3) is 5.56 Å². The van der Waals surface area contributed by atoms with Crippen molar-refractivity contribution < 1.29 is 4.39 Å². The molecule has 20 heavy (non-hydrogen) atoms. The highest BCUT2D eigenvalue weighted by Gasteiger charge is 2.03. The number of hydrogen-bond donors (Lipinski definition) is 1. The molecule has 1 aromatic heterocycles. The zero-order valence-corrected chi connectivity index (χ0v) is 11.5. The normalized spacial score (nSPS) is 10.5. The zero-order valence-electron chi connectivity index (χ0n) is 11.5. The molecular weight excluding hydrogens is 257 g/mol. The lowest BCUT2D eigenvalue weighted by molar-refractivity contribution is 0.627. The minimum atomic E-state index is -0.242. The highest BCUT2D eigenvalue weighted by Crippen LogP contribution is 2.04. The van der Waals surface area contributed by atoms with Crippen LogP contribution in [-0.4, -0.2) is 16.1 Å². The molecule has 0 saturated heterocycles. The Kier molecular flexibility index (Phi) is 4.87. The molecule has 1 N–H and O–H groups in total. The average Bonchev–Trinajstić information content (AvgIpc) is 2.45. The highest BCUT2D eigenvalue weighted by molar-refractivity contribution is 5.31. The molecule has 0 saturated carbocycles. The monoisotopic (exact) mass is 275 g/mol. The fourth-order valence-electron chi connectivity index (χ4n) is 1.96. The van der Waals surface area contributed by atoms with Gasteiger partial charge in [-0.3, -0.25) is 4.79 Å². The first-order chi connectivity index (χ1) is 9.70. The molecule has 0 spiro atoms. The van der Waals surface area contributed by atoms with Crippen molar-refractivity contribution in [3.63, 3.8) is 0 Å². The van der Waals surface area contributed by atoms with Crippen LogP contribution < -0.4 is 10.9 Å². The van der Waals surface area contributed by atoms with E-state index in [9.17, 15) is 9.18 Å². The second-order valence-corrected chi connectivity index (χ2v) is 4.58. The number of nitrogens with one attached hydrogen (secondary N) is 1. The summed E-state index contributed by atoms with van der Waals surface area (Å²) in [6, 6.07) is 6.35. The quantitative estimate of drug-likeness (QED) is 0.881. The Labute approximate surface area is 117 Å². The van der Waals surface area contributed by atoms with E-state index in [2.05, 4.69) is 10.3 Å². The first-order valence-electron chi connectivity index (χ1n) is 6.74. The predicted molar refractivity (Wildman–Crippen MR) is 77.4 cm³/mol. The minimum Gasteiger partial charge on any atom is -0.365 e. The smallest absolute Gasteiger partial charge is 0.293 e. The van der Waals surface area contributed by atoms with E-state index >= 15 is 0 Å². The van der Waals surface area contributed by atoms with E-state index in [0.717, 1.165) is 12.0 Å². The molecule has 0 aliphatic heterocycles. The van der Waals surface area contributed by atoms with Crippen LogP contribution in [0.2, 0.25) is 0 Å². The minimum absolute atomic E-state index is 0.103. The Hall–Kier alpha value is -2.17. The van der Waals surface area contributed by atoms with E-state index in [1.807, 2.05) is 6.92 Å². The molecule has 2 aromatic rings. The van der Waals surface area contributed by atoms with E-state index < -0.39 is 0 Å². The lowest BCUT2D eigenvalue weighted by Crippen LogP contribution is -2.25. The highest BCUT2D eigenvalue weighted by atomic mass is 19.1. The number of aromatic nitrogens is 2. The number of rotatable bonds is 6. The number of hydrogen-bond acceptors (Lipinski definition) is 3. The molecule has 0 aliphatic rings. The summed E-state index contributed by atoms with van der Waals surface area (Å²) in [5.41, 5.74) is 0.914. The Bertz CT molecular complexity index is 607. The van der Waals surface area contributed by atoms with E-state index in [0.29, 0.717) is 25.3 Å². The Morgan fingerprint density at radius 3 is 2.75 bits per heavy atom. The van der Waals surface area contributed by atoms with Crippen LogP contribution in [0.5, 0.6) is 0 Å². The van der Waals surface area contributed by atoms with Gasteiger partial charge >= 0.3 is 0 Å². The fraction of sp³-hybridized carbons (Fsp3) is 0.333. The van der Waals surface area contributed by atoms with Crippen molar-refractivity contribution in [2.45, 2.75) is 26.3 Å². The third-order valence-electron chi connectivity index (χ3n) is 3.00. The van der Waals surface area contributed by atoms with Crippen molar-refractivity contribution in [1.82, 2.24) is 9.55 Å². The summed E-state index contributed by atoms with van der Waals surface area (Å²) in [4.78, 5) is 16.1. The van der Waals surface area contributed by atoms with Crippen LogP contribution in [0.25, 0.3) is 0 Å². The first-order valence-corrected chi connectivity index (χ1v) is 6.74. The van der Waals surface area contributed by atoms with Crippen LogP contribution in [0.1, 0.15) is 18.9 Å². The molecule has 0 atom stereocenters. The van der Waals surface area contributed by atoms with E-state index in [1.54, 1.807) is 29.1 Å². The standard InChI is InChI=1S/C15H18FN3O/c1-2-10-19-11-9-18-14(15(19)20)17-8-7-12-3-5-13(16)6-4-12/h3-6,9,11H,2,7-8,10H2,1H3,(H,17,18). The maximum Gasteiger partial charge on any atom is 0.293 e. The van der Waals surface area contributed by atoms with Gasteiger partial charge in [-0.25, -0.2) is 9.37 Å². The Morgan fingerprint density at radius 1 is 1.30 bits per heavy atom. The van der Waals surface area contributed by atoms with Crippen LogP contribution in [0.4, 0.5) is 10.2 Å². The van der Waals surface area contributed by atoms with Gasteiger partial charge in [0.15, 0.2) is 5.82 Å². The second kappa shape index (κ2) is 6.84. The van der Waals surface area contributed by atoms with Crippen molar-refractivity contribution in [3.05, 3.63) is 58.4 Å². The largest absolute Gasteiger partial charge is 0.365 e. The molecule has 2 rings (SSSR count). The molecule has 0 amide bonds. The SMILES string of the molecule is CCCn1ccnc(NCCc2ccc(F)cc2)c1=O. The third-order valence-corrected chi connectivity index (χ3v) is 3.00. The summed E-state index contributed by atoms with van der Waals surface area (Å²) < 4.78 is 14.4. The van der Waals surface area contributed by atoms with Crippen LogP contribution in [-0.2, 0) is 13.0 Å². The van der Waals surface area contributed by atoms with Gasteiger partial charge in [0.2, 0.25) is 0 Å². The molecule has 0 unspecified atom stereocenters. The molecule has 1 heterocycles. The summed E-state index contributed by atoms with van der Waals surface area (Å²) in [5.74, 6) is 0.122. The maximum absolute atomic E-state index is 12.8. The van der Waals surface area contributed by atoms with Crippen LogP contribution in [0.15, 0.2) is 41.5 Å². The first kappa shape index (κ1) is 14.2.